The average molecular weight is 438 g/mol. The molecule has 0 radical (unpaired) electrons. The summed E-state index contributed by atoms with van der Waals surface area (Å²) in [5.74, 6) is 0.0494. The van der Waals surface area contributed by atoms with Crippen molar-refractivity contribution in [3.63, 3.8) is 0 Å². The number of aryl methyl sites for hydroxylation is 1. The zero-order valence-electron chi connectivity index (χ0n) is 19.4. The Morgan fingerprint density at radius 1 is 1.12 bits per heavy atom. The second-order valence-electron chi connectivity index (χ2n) is 8.33. The molecule has 0 spiro atoms. The van der Waals surface area contributed by atoms with Crippen LogP contribution in [0.25, 0.3) is 0 Å². The fraction of sp³-hybridized carbons (Fsp3) is 0.400. The van der Waals surface area contributed by atoms with Gasteiger partial charge in [0.1, 0.15) is 5.75 Å². The van der Waals surface area contributed by atoms with E-state index < -0.39 is 5.92 Å². The SMILES string of the molecule is CCN(Cc1ccc(C(=O)N(C)C)cc1)C(=O)C1CC(=O)N(c2cc(C)ccc2OC)C1. The molecule has 32 heavy (non-hydrogen) atoms. The Labute approximate surface area is 189 Å². The molecule has 0 N–H and O–H groups in total. The molecule has 3 rings (SSSR count). The predicted octanol–water partition coefficient (Wildman–Crippen LogP) is 3.11. The Bertz CT molecular complexity index is 1000. The first-order valence-electron chi connectivity index (χ1n) is 10.8. The van der Waals surface area contributed by atoms with Crippen LogP contribution in [0.5, 0.6) is 5.75 Å². The molecule has 1 atom stereocenters. The minimum absolute atomic E-state index is 0.0385. The Balaban J connectivity index is 1.71. The van der Waals surface area contributed by atoms with Gasteiger partial charge in [0.25, 0.3) is 5.91 Å². The highest BCUT2D eigenvalue weighted by Gasteiger charge is 2.38. The number of rotatable bonds is 7. The van der Waals surface area contributed by atoms with Crippen molar-refractivity contribution in [3.05, 3.63) is 59.2 Å². The lowest BCUT2D eigenvalue weighted by Gasteiger charge is -2.25. The van der Waals surface area contributed by atoms with E-state index in [9.17, 15) is 14.4 Å². The highest BCUT2D eigenvalue weighted by atomic mass is 16.5. The summed E-state index contributed by atoms with van der Waals surface area (Å²) in [7, 11) is 5.01. The number of carbonyl (C=O) groups is 3. The van der Waals surface area contributed by atoms with Crippen LogP contribution in [0, 0.1) is 12.8 Å². The summed E-state index contributed by atoms with van der Waals surface area (Å²) in [6.07, 6.45) is 0.183. The molecule has 0 aromatic heterocycles. The number of hydrogen-bond acceptors (Lipinski definition) is 4. The van der Waals surface area contributed by atoms with Gasteiger partial charge in [-0.3, -0.25) is 14.4 Å². The average Bonchev–Trinajstić information content (AvgIpc) is 3.18. The number of methoxy groups -OCH3 is 1. The molecule has 1 unspecified atom stereocenters. The highest BCUT2D eigenvalue weighted by molar-refractivity contribution is 6.01. The van der Waals surface area contributed by atoms with E-state index in [2.05, 4.69) is 0 Å². The number of carbonyl (C=O) groups excluding carboxylic acids is 3. The lowest BCUT2D eigenvalue weighted by atomic mass is 10.1. The minimum Gasteiger partial charge on any atom is -0.495 e. The van der Waals surface area contributed by atoms with E-state index in [0.717, 1.165) is 11.1 Å². The van der Waals surface area contributed by atoms with E-state index in [1.807, 2.05) is 44.2 Å². The van der Waals surface area contributed by atoms with E-state index in [1.165, 1.54) is 4.90 Å². The molecule has 0 aliphatic carbocycles. The predicted molar refractivity (Wildman–Crippen MR) is 124 cm³/mol. The quantitative estimate of drug-likeness (QED) is 0.667. The van der Waals surface area contributed by atoms with Crippen molar-refractivity contribution < 1.29 is 19.1 Å². The van der Waals surface area contributed by atoms with Gasteiger partial charge in [-0.15, -0.1) is 0 Å². The van der Waals surface area contributed by atoms with Gasteiger partial charge in [0.05, 0.1) is 18.7 Å². The molecule has 1 fully saturated rings. The maximum absolute atomic E-state index is 13.2. The van der Waals surface area contributed by atoms with Gasteiger partial charge >= 0.3 is 0 Å². The topological polar surface area (TPSA) is 70.2 Å². The highest BCUT2D eigenvalue weighted by Crippen LogP contribution is 2.34. The fourth-order valence-corrected chi connectivity index (χ4v) is 3.95. The lowest BCUT2D eigenvalue weighted by molar-refractivity contribution is -0.136. The summed E-state index contributed by atoms with van der Waals surface area (Å²) in [6.45, 7) is 5.20. The third-order valence-corrected chi connectivity index (χ3v) is 5.77. The molecule has 7 heteroatoms. The van der Waals surface area contributed by atoms with Crippen LogP contribution in [-0.2, 0) is 16.1 Å². The molecular formula is C25H31N3O4. The third kappa shape index (κ3) is 4.93. The van der Waals surface area contributed by atoms with Crippen molar-refractivity contribution in [2.45, 2.75) is 26.8 Å². The number of anilines is 1. The third-order valence-electron chi connectivity index (χ3n) is 5.77. The molecule has 1 aliphatic rings. The van der Waals surface area contributed by atoms with Gasteiger partial charge in [-0.1, -0.05) is 18.2 Å². The standard InChI is InChI=1S/C25H31N3O4/c1-6-27(15-18-8-10-19(11-9-18)24(30)26(3)4)25(31)20-14-23(29)28(16-20)21-13-17(2)7-12-22(21)32-5/h7-13,20H,6,14-16H2,1-5H3. The fourth-order valence-electron chi connectivity index (χ4n) is 3.95. The number of benzene rings is 2. The number of ether oxygens (including phenoxy) is 1. The zero-order valence-corrected chi connectivity index (χ0v) is 19.4. The number of amides is 3. The molecule has 2 aromatic rings. The molecule has 170 valence electrons. The number of hydrogen-bond donors (Lipinski definition) is 0. The van der Waals surface area contributed by atoms with Crippen LogP contribution in [-0.4, -0.2) is 61.8 Å². The zero-order chi connectivity index (χ0) is 23.4. The molecule has 2 aromatic carbocycles. The van der Waals surface area contributed by atoms with E-state index in [1.54, 1.807) is 43.1 Å². The molecule has 3 amide bonds. The van der Waals surface area contributed by atoms with Gasteiger partial charge < -0.3 is 19.4 Å². The van der Waals surface area contributed by atoms with Gasteiger partial charge in [0, 0.05) is 45.7 Å². The largest absolute Gasteiger partial charge is 0.495 e. The molecule has 0 saturated carbocycles. The number of nitrogens with zero attached hydrogens (tertiary/aromatic N) is 3. The molecule has 1 aliphatic heterocycles. The van der Waals surface area contributed by atoms with Crippen molar-refractivity contribution >= 4 is 23.4 Å². The smallest absolute Gasteiger partial charge is 0.253 e. The Kier molecular flexibility index (Phi) is 7.18. The summed E-state index contributed by atoms with van der Waals surface area (Å²) in [5, 5.41) is 0. The maximum atomic E-state index is 13.2. The van der Waals surface area contributed by atoms with Crippen molar-refractivity contribution in [2.24, 2.45) is 5.92 Å². The van der Waals surface area contributed by atoms with Gasteiger partial charge in [-0.05, 0) is 49.2 Å². The van der Waals surface area contributed by atoms with Crippen LogP contribution in [0.15, 0.2) is 42.5 Å². The molecular weight excluding hydrogens is 406 g/mol. The van der Waals surface area contributed by atoms with Crippen LogP contribution in [0.4, 0.5) is 5.69 Å². The summed E-state index contributed by atoms with van der Waals surface area (Å²) in [5.41, 5.74) is 3.28. The van der Waals surface area contributed by atoms with Crippen LogP contribution in [0.2, 0.25) is 0 Å². The summed E-state index contributed by atoms with van der Waals surface area (Å²) in [4.78, 5) is 43.0. The normalized spacial score (nSPS) is 15.6. The van der Waals surface area contributed by atoms with Gasteiger partial charge in [0.2, 0.25) is 11.8 Å². The van der Waals surface area contributed by atoms with Crippen molar-refractivity contribution in [2.75, 3.05) is 39.2 Å². The van der Waals surface area contributed by atoms with Gasteiger partial charge in [-0.25, -0.2) is 0 Å². The molecule has 1 heterocycles. The van der Waals surface area contributed by atoms with E-state index in [0.29, 0.717) is 36.6 Å². The first-order valence-corrected chi connectivity index (χ1v) is 10.8. The molecule has 1 saturated heterocycles. The summed E-state index contributed by atoms with van der Waals surface area (Å²) < 4.78 is 5.43. The summed E-state index contributed by atoms with van der Waals surface area (Å²) >= 11 is 0. The first kappa shape index (κ1) is 23.3. The summed E-state index contributed by atoms with van der Waals surface area (Å²) in [6, 6.07) is 13.0. The van der Waals surface area contributed by atoms with Crippen molar-refractivity contribution in [1.82, 2.24) is 9.80 Å². The second-order valence-corrected chi connectivity index (χ2v) is 8.33. The first-order chi connectivity index (χ1) is 15.2. The van der Waals surface area contributed by atoms with Crippen molar-refractivity contribution in [3.8, 4) is 5.75 Å². The maximum Gasteiger partial charge on any atom is 0.253 e. The van der Waals surface area contributed by atoms with Crippen LogP contribution >= 0.6 is 0 Å². The second kappa shape index (κ2) is 9.85. The Hall–Kier alpha value is -3.35. The van der Waals surface area contributed by atoms with E-state index in [-0.39, 0.29) is 24.1 Å². The van der Waals surface area contributed by atoms with Crippen LogP contribution < -0.4 is 9.64 Å². The lowest BCUT2D eigenvalue weighted by Crippen LogP contribution is -2.37. The molecule has 0 bridgehead atoms. The Morgan fingerprint density at radius 3 is 2.41 bits per heavy atom. The van der Waals surface area contributed by atoms with Gasteiger partial charge in [-0.2, -0.15) is 0 Å². The molecule has 7 nitrogen and oxygen atoms in total. The van der Waals surface area contributed by atoms with Crippen LogP contribution in [0.1, 0.15) is 34.8 Å². The van der Waals surface area contributed by atoms with E-state index >= 15 is 0 Å². The monoisotopic (exact) mass is 437 g/mol. The van der Waals surface area contributed by atoms with Crippen molar-refractivity contribution in [1.29, 1.82) is 0 Å². The van der Waals surface area contributed by atoms with E-state index in [4.69, 9.17) is 4.74 Å². The minimum atomic E-state index is -0.401. The Morgan fingerprint density at radius 2 is 1.81 bits per heavy atom. The van der Waals surface area contributed by atoms with Crippen LogP contribution in [0.3, 0.4) is 0 Å². The van der Waals surface area contributed by atoms with Gasteiger partial charge in [0.15, 0.2) is 0 Å².